The first-order valence-corrected chi connectivity index (χ1v) is 15.8. The average molecular weight is 531 g/mol. The Morgan fingerprint density at radius 2 is 0.967 bits per heavy atom. The predicted molar refractivity (Wildman–Crippen MR) is 120 cm³/mol. The smallest absolute Gasteiger partial charge is 1.00 e. The molecule has 0 saturated heterocycles. The quantitative estimate of drug-likeness (QED) is 0.405. The average Bonchev–Trinajstić information content (AvgIpc) is 3.32. The summed E-state index contributed by atoms with van der Waals surface area (Å²) in [5.74, 6) is 0. The Labute approximate surface area is 210 Å². The molecule has 0 spiro atoms. The molecule has 0 heterocycles. The molecular weight excluding hydrogens is 503 g/mol. The molecule has 2 aliphatic carbocycles. The molecule has 2 aromatic rings. The van der Waals surface area contributed by atoms with Gasteiger partial charge in [-0.05, 0) is 0 Å². The van der Waals surface area contributed by atoms with E-state index in [2.05, 4.69) is 99.8 Å². The molecule has 0 atom stereocenters. The molecule has 4 rings (SSSR count). The molecule has 2 aromatic carbocycles. The van der Waals surface area contributed by atoms with Gasteiger partial charge in [0.2, 0.25) is 0 Å². The maximum Gasteiger partial charge on any atom is -1.00 e. The van der Waals surface area contributed by atoms with Crippen molar-refractivity contribution >= 4 is 16.6 Å². The van der Waals surface area contributed by atoms with Gasteiger partial charge in [0.05, 0.1) is 0 Å². The van der Waals surface area contributed by atoms with Crippen molar-refractivity contribution < 1.29 is 48.1 Å². The van der Waals surface area contributed by atoms with Gasteiger partial charge < -0.3 is 24.8 Å². The van der Waals surface area contributed by atoms with E-state index in [0.29, 0.717) is 0 Å². The van der Waals surface area contributed by atoms with Crippen LogP contribution in [0.3, 0.4) is 0 Å². The Kier molecular flexibility index (Phi) is 15.3. The Hall–Kier alpha value is -0.920. The molecule has 0 saturated carbocycles. The van der Waals surface area contributed by atoms with Gasteiger partial charge in [-0.3, -0.25) is 0 Å². The second-order valence-electron chi connectivity index (χ2n) is 7.25. The summed E-state index contributed by atoms with van der Waals surface area (Å²) in [6.07, 6.45) is 13.1. The summed E-state index contributed by atoms with van der Waals surface area (Å²) in [6, 6.07) is 20.8. The topological polar surface area (TPSA) is 0 Å². The summed E-state index contributed by atoms with van der Waals surface area (Å²) in [5, 5.41) is 0. The largest absolute Gasteiger partial charge is 1.00 e. The maximum atomic E-state index is 3.35. The number of hydrogen-bond donors (Lipinski definition) is 0. The molecule has 0 radical (unpaired) electrons. The van der Waals surface area contributed by atoms with Crippen LogP contribution in [0.1, 0.15) is 37.8 Å². The fourth-order valence-corrected chi connectivity index (χ4v) is 2.77. The van der Waals surface area contributed by atoms with E-state index >= 15 is 0 Å². The van der Waals surface area contributed by atoms with Crippen molar-refractivity contribution in [1.29, 1.82) is 0 Å². The molecule has 4 heteroatoms. The molecule has 0 nitrogen and oxygen atoms in total. The molecule has 0 N–H and O–H groups in total. The van der Waals surface area contributed by atoms with E-state index in [-0.39, 0.29) is 30.2 Å². The summed E-state index contributed by atoms with van der Waals surface area (Å²) in [6.45, 7) is 8.90. The first-order chi connectivity index (χ1) is 13.5. The van der Waals surface area contributed by atoms with Gasteiger partial charge in [0.1, 0.15) is 0 Å². The maximum absolute atomic E-state index is 3.35. The van der Waals surface area contributed by atoms with Gasteiger partial charge in [0.15, 0.2) is 0 Å². The molecule has 0 aliphatic heterocycles. The van der Waals surface area contributed by atoms with Crippen LogP contribution < -0.4 is 24.8 Å². The number of rotatable bonds is 2. The number of allylic oxidation sites excluding steroid dienone is 8. The SMILES string of the molecule is CC1=CC(c2ccccc2)=[C-]C1.CC1=CC(c2ccccc2)=[C-]C1.C[Si](C)=[Zr+2].[Cl-].[Cl-]. The van der Waals surface area contributed by atoms with Crippen molar-refractivity contribution in [1.82, 2.24) is 0 Å². The minimum atomic E-state index is 0. The van der Waals surface area contributed by atoms with Crippen LogP contribution in [-0.4, -0.2) is 5.43 Å². The molecule has 0 unspecified atom stereocenters. The summed E-state index contributed by atoms with van der Waals surface area (Å²) in [5.41, 5.74) is 8.04. The van der Waals surface area contributed by atoms with E-state index in [1.807, 2.05) is 12.1 Å². The molecule has 156 valence electrons. The first kappa shape index (κ1) is 29.1. The van der Waals surface area contributed by atoms with Crippen molar-refractivity contribution in [3.8, 4) is 0 Å². The second kappa shape index (κ2) is 15.8. The van der Waals surface area contributed by atoms with Crippen LogP contribution in [-0.2, 0) is 23.3 Å². The van der Waals surface area contributed by atoms with Crippen molar-refractivity contribution in [2.75, 3.05) is 0 Å². The van der Waals surface area contributed by atoms with Crippen molar-refractivity contribution in [2.24, 2.45) is 0 Å². The molecule has 2 aliphatic rings. The van der Waals surface area contributed by atoms with Gasteiger partial charge in [0.25, 0.3) is 0 Å². The van der Waals surface area contributed by atoms with Crippen LogP contribution in [0.2, 0.25) is 13.1 Å². The molecule has 0 amide bonds. The molecule has 0 fully saturated rings. The van der Waals surface area contributed by atoms with E-state index in [1.54, 1.807) is 23.3 Å². The van der Waals surface area contributed by atoms with Gasteiger partial charge in [0, 0.05) is 0 Å². The number of hydrogen-bond acceptors (Lipinski definition) is 0. The van der Waals surface area contributed by atoms with Gasteiger partial charge in [-0.15, -0.1) is 46.5 Å². The Balaban J connectivity index is 0.000000452. The van der Waals surface area contributed by atoms with Crippen LogP contribution in [0, 0.1) is 12.2 Å². The molecule has 0 aromatic heterocycles. The molecular formula is C26H28Cl2SiZr-2. The van der Waals surface area contributed by atoms with Crippen molar-refractivity contribution in [3.05, 3.63) is 107 Å². The van der Waals surface area contributed by atoms with Gasteiger partial charge >= 0.3 is 41.9 Å². The Bertz CT molecular complexity index is 835. The van der Waals surface area contributed by atoms with Gasteiger partial charge in [-0.2, -0.15) is 35.5 Å². The van der Waals surface area contributed by atoms with Crippen molar-refractivity contribution in [3.63, 3.8) is 0 Å². The number of benzene rings is 2. The minimum Gasteiger partial charge on any atom is -1.00 e. The third kappa shape index (κ3) is 10.9. The Morgan fingerprint density at radius 1 is 0.667 bits per heavy atom. The van der Waals surface area contributed by atoms with Crippen molar-refractivity contribution in [2.45, 2.75) is 39.8 Å². The second-order valence-corrected chi connectivity index (χ2v) is 16.6. The number of halogens is 2. The molecule has 0 bridgehead atoms. The normalized spacial score (nSPS) is 13.5. The van der Waals surface area contributed by atoms with E-state index < -0.39 is 0 Å². The van der Waals surface area contributed by atoms with Crippen LogP contribution >= 0.6 is 0 Å². The van der Waals surface area contributed by atoms with Gasteiger partial charge in [-0.25, -0.2) is 0 Å². The summed E-state index contributed by atoms with van der Waals surface area (Å²) >= 11 is 1.74. The first-order valence-electron chi connectivity index (χ1n) is 9.64. The van der Waals surface area contributed by atoms with Crippen LogP contribution in [0.4, 0.5) is 0 Å². The zero-order chi connectivity index (χ0) is 20.4. The third-order valence-corrected chi connectivity index (χ3v) is 4.07. The van der Waals surface area contributed by atoms with Crippen LogP contribution in [0.25, 0.3) is 11.1 Å². The summed E-state index contributed by atoms with van der Waals surface area (Å²) in [4.78, 5) is 0. The van der Waals surface area contributed by atoms with Gasteiger partial charge in [-0.1, -0.05) is 63.1 Å². The fraction of sp³-hybridized carbons (Fsp3) is 0.231. The molecule has 30 heavy (non-hydrogen) atoms. The predicted octanol–water partition coefficient (Wildman–Crippen LogP) is 1.24. The van der Waals surface area contributed by atoms with E-state index in [0.717, 1.165) is 12.8 Å². The summed E-state index contributed by atoms with van der Waals surface area (Å²) in [7, 11) is 0. The summed E-state index contributed by atoms with van der Waals surface area (Å²) < 4.78 is 0. The van der Waals surface area contributed by atoms with E-state index in [9.17, 15) is 0 Å². The third-order valence-electron chi connectivity index (χ3n) is 4.07. The standard InChI is InChI=1S/2C12H11.C2H6Si.2ClH.Zr/c2*1-10-7-8-12(9-10)11-5-3-2-4-6-11;1-3-2;;;/h2*2-6,9H,7H2,1H3;1-2H3;2*1H;/q2*-1;;;;+2/p-2. The van der Waals surface area contributed by atoms with E-state index in [1.165, 1.54) is 33.4 Å². The van der Waals surface area contributed by atoms with Crippen LogP contribution in [0.5, 0.6) is 0 Å². The minimum absolute atomic E-state index is 0. The van der Waals surface area contributed by atoms with E-state index in [4.69, 9.17) is 0 Å². The Morgan fingerprint density at radius 3 is 1.20 bits per heavy atom. The fourth-order valence-electron chi connectivity index (χ4n) is 2.77. The van der Waals surface area contributed by atoms with Crippen LogP contribution in [0.15, 0.2) is 84.0 Å². The zero-order valence-corrected chi connectivity index (χ0v) is 23.1. The monoisotopic (exact) mass is 528 g/mol. The zero-order valence-electron chi connectivity index (χ0n) is 18.1.